The van der Waals surface area contributed by atoms with Gasteiger partial charge < -0.3 is 4.74 Å². The summed E-state index contributed by atoms with van der Waals surface area (Å²) in [6.07, 6.45) is 25.8. The van der Waals surface area contributed by atoms with Gasteiger partial charge in [-0.15, -0.1) is 12.4 Å². The van der Waals surface area contributed by atoms with Crippen LogP contribution in [0.1, 0.15) is 80.1 Å². The van der Waals surface area contributed by atoms with Crippen molar-refractivity contribution in [2.24, 2.45) is 5.92 Å². The summed E-state index contributed by atoms with van der Waals surface area (Å²) in [5, 5.41) is 0. The molecule has 7 rings (SSSR count). The van der Waals surface area contributed by atoms with Gasteiger partial charge in [-0.2, -0.15) is 0 Å². The number of allylic oxidation sites excluding steroid dienone is 10. The first kappa shape index (κ1) is 24.0. The fourth-order valence-electron chi connectivity index (χ4n) is 7.96. The Bertz CT molecular complexity index is 1200. The van der Waals surface area contributed by atoms with Gasteiger partial charge in [0.2, 0.25) is 0 Å². The van der Waals surface area contributed by atoms with Crippen LogP contribution >= 0.6 is 12.4 Å². The molecule has 3 unspecified atom stereocenters. The number of carbonyl (C=O) groups is 1. The lowest BCUT2D eigenvalue weighted by Gasteiger charge is -2.44. The van der Waals surface area contributed by atoms with Gasteiger partial charge in [0.25, 0.3) is 0 Å². The van der Waals surface area contributed by atoms with Crippen LogP contribution in [0.15, 0.2) is 83.0 Å². The van der Waals surface area contributed by atoms with E-state index < -0.39 is 0 Å². The molecule has 188 valence electrons. The first-order valence-electron chi connectivity index (χ1n) is 13.7. The van der Waals surface area contributed by atoms with Crippen molar-refractivity contribution in [1.29, 1.82) is 0 Å². The van der Waals surface area contributed by atoms with Crippen molar-refractivity contribution in [3.05, 3.63) is 94.1 Å². The fraction of sp³-hybridized carbons (Fsp3) is 0.469. The molecule has 36 heavy (non-hydrogen) atoms. The van der Waals surface area contributed by atoms with Gasteiger partial charge in [-0.25, -0.2) is 4.79 Å². The molecule has 1 aromatic carbocycles. The lowest BCUT2D eigenvalue weighted by molar-refractivity contribution is -0.0652. The average molecular weight is 502 g/mol. The molecule has 3 aliphatic heterocycles. The highest BCUT2D eigenvalue weighted by molar-refractivity contribution is 5.94. The van der Waals surface area contributed by atoms with E-state index in [4.69, 9.17) is 4.74 Å². The third kappa shape index (κ3) is 3.87. The van der Waals surface area contributed by atoms with Crippen LogP contribution in [0.4, 0.5) is 0 Å². The predicted octanol–water partition coefficient (Wildman–Crippen LogP) is 7.36. The molecule has 2 fully saturated rings. The Morgan fingerprint density at radius 2 is 1.89 bits per heavy atom. The zero-order chi connectivity index (χ0) is 23.4. The Kier molecular flexibility index (Phi) is 6.34. The molecule has 3 heterocycles. The number of benzene rings is 1. The number of carbonyl (C=O) groups excluding carboxylic acids is 1. The molecule has 6 aliphatic rings. The summed E-state index contributed by atoms with van der Waals surface area (Å²) in [6, 6.07) is 9.13. The molecular formula is C32H36ClNO2. The maximum atomic E-state index is 12.6. The molecule has 3 atom stereocenters. The quantitative estimate of drug-likeness (QED) is 0.403. The van der Waals surface area contributed by atoms with Crippen molar-refractivity contribution >= 4 is 18.4 Å². The lowest BCUT2D eigenvalue weighted by atomic mass is 9.78. The Labute approximate surface area is 221 Å². The maximum absolute atomic E-state index is 12.6. The minimum atomic E-state index is -0.386. The van der Waals surface area contributed by atoms with Gasteiger partial charge >= 0.3 is 5.97 Å². The fourth-order valence-corrected chi connectivity index (χ4v) is 7.96. The highest BCUT2D eigenvalue weighted by Gasteiger charge is 2.55. The van der Waals surface area contributed by atoms with Crippen molar-refractivity contribution < 1.29 is 9.53 Å². The monoisotopic (exact) mass is 501 g/mol. The Morgan fingerprint density at radius 1 is 1.06 bits per heavy atom. The molecule has 4 heteroatoms. The van der Waals surface area contributed by atoms with Gasteiger partial charge in [-0.05, 0) is 80.7 Å². The number of fused-ring (bicyclic) bond motifs is 5. The Hall–Kier alpha value is -2.36. The number of ether oxygens (including phenoxy) is 1. The molecule has 0 saturated carbocycles. The topological polar surface area (TPSA) is 29.5 Å². The summed E-state index contributed by atoms with van der Waals surface area (Å²) in [7, 11) is 0. The van der Waals surface area contributed by atoms with Crippen LogP contribution in [-0.2, 0) is 10.3 Å². The number of hydrogen-bond donors (Lipinski definition) is 0. The molecule has 1 spiro atoms. The van der Waals surface area contributed by atoms with E-state index >= 15 is 0 Å². The number of halogens is 1. The molecule has 1 aromatic rings. The largest absolute Gasteiger partial charge is 0.450 e. The van der Waals surface area contributed by atoms with Crippen molar-refractivity contribution in [2.75, 3.05) is 6.54 Å². The zero-order valence-electron chi connectivity index (χ0n) is 21.0. The van der Waals surface area contributed by atoms with Gasteiger partial charge in [-0.3, -0.25) is 4.90 Å². The highest BCUT2D eigenvalue weighted by atomic mass is 35.5. The molecule has 3 aliphatic carbocycles. The first-order valence-corrected chi connectivity index (χ1v) is 13.7. The van der Waals surface area contributed by atoms with E-state index in [0.717, 1.165) is 43.4 Å². The molecule has 3 nitrogen and oxygen atoms in total. The summed E-state index contributed by atoms with van der Waals surface area (Å²) >= 11 is 0. The number of esters is 1. The van der Waals surface area contributed by atoms with Crippen molar-refractivity contribution in [3.63, 3.8) is 0 Å². The minimum Gasteiger partial charge on any atom is -0.450 e. The van der Waals surface area contributed by atoms with Crippen LogP contribution in [0.5, 0.6) is 0 Å². The van der Waals surface area contributed by atoms with Gasteiger partial charge in [0.05, 0.1) is 5.56 Å². The number of hydrogen-bond acceptors (Lipinski definition) is 3. The van der Waals surface area contributed by atoms with Crippen molar-refractivity contribution in [2.45, 2.75) is 81.9 Å². The van der Waals surface area contributed by atoms with Gasteiger partial charge in [-0.1, -0.05) is 60.2 Å². The molecule has 2 bridgehead atoms. The van der Waals surface area contributed by atoms with Crippen molar-refractivity contribution in [3.8, 4) is 0 Å². The first-order chi connectivity index (χ1) is 17.2. The van der Waals surface area contributed by atoms with Crippen LogP contribution in [0.25, 0.3) is 0 Å². The summed E-state index contributed by atoms with van der Waals surface area (Å²) in [4.78, 5) is 15.4. The van der Waals surface area contributed by atoms with Crippen molar-refractivity contribution in [1.82, 2.24) is 4.90 Å². The average Bonchev–Trinajstić information content (AvgIpc) is 3.22. The zero-order valence-corrected chi connectivity index (χ0v) is 21.8. The standard InChI is InChI=1S/C32H35NO2.ClH/c34-31-29-12-5-6-14-30(29)32(35-31)20-24-17-18-25(21-32)33(24)19-7-13-28-26-10-3-1-8-22(26)15-16-23-9-2-4-11-27(23)28;/h1,3-6,10-12,14-15,24-25,28H,2,7-9,13,16-21H2;1H. The van der Waals surface area contributed by atoms with Gasteiger partial charge in [0.1, 0.15) is 5.60 Å². The smallest absolute Gasteiger partial charge is 0.339 e. The van der Waals surface area contributed by atoms with E-state index in [1.54, 1.807) is 22.3 Å². The minimum absolute atomic E-state index is 0. The summed E-state index contributed by atoms with van der Waals surface area (Å²) in [6.45, 7) is 1.16. The Morgan fingerprint density at radius 3 is 2.75 bits per heavy atom. The Balaban J connectivity index is 0.00000240. The highest BCUT2D eigenvalue weighted by Crippen LogP contribution is 2.52. The molecule has 2 saturated heterocycles. The van der Waals surface area contributed by atoms with E-state index in [2.05, 4.69) is 53.5 Å². The second-order valence-corrected chi connectivity index (χ2v) is 11.3. The second-order valence-electron chi connectivity index (χ2n) is 11.3. The molecule has 0 aromatic heterocycles. The lowest BCUT2D eigenvalue weighted by Crippen LogP contribution is -2.50. The van der Waals surface area contributed by atoms with E-state index in [0.29, 0.717) is 18.0 Å². The third-order valence-electron chi connectivity index (χ3n) is 9.52. The van der Waals surface area contributed by atoms with Gasteiger partial charge in [0, 0.05) is 36.4 Å². The summed E-state index contributed by atoms with van der Waals surface area (Å²) < 4.78 is 6.12. The molecule has 0 N–H and O–H groups in total. The third-order valence-corrected chi connectivity index (χ3v) is 9.52. The number of rotatable bonds is 4. The second kappa shape index (κ2) is 9.50. The van der Waals surface area contributed by atoms with Crippen LogP contribution in [0.3, 0.4) is 0 Å². The van der Waals surface area contributed by atoms with Crippen LogP contribution in [0.2, 0.25) is 0 Å². The van der Waals surface area contributed by atoms with Gasteiger partial charge in [0.15, 0.2) is 0 Å². The normalized spacial score (nSPS) is 32.2. The number of nitrogens with zero attached hydrogens (tertiary/aromatic N) is 1. The molecule has 0 radical (unpaired) electrons. The summed E-state index contributed by atoms with van der Waals surface area (Å²) in [5.41, 5.74) is 7.95. The number of piperidine rings is 1. The molecule has 0 amide bonds. The van der Waals surface area contributed by atoms with Crippen LogP contribution < -0.4 is 0 Å². The maximum Gasteiger partial charge on any atom is 0.339 e. The van der Waals surface area contributed by atoms with E-state index in [1.165, 1.54) is 38.5 Å². The SMILES string of the molecule is Cl.O=C1OC2(CC3CCC(C2)N3CCCC2C3=CC=CCC3=CCC3=C2C=CCC3)c2ccccc21. The van der Waals surface area contributed by atoms with E-state index in [1.807, 2.05) is 12.1 Å². The van der Waals surface area contributed by atoms with E-state index in [9.17, 15) is 4.79 Å². The molecular weight excluding hydrogens is 466 g/mol. The van der Waals surface area contributed by atoms with E-state index in [-0.39, 0.29) is 24.0 Å². The van der Waals surface area contributed by atoms with Crippen LogP contribution in [0, 0.1) is 5.92 Å². The summed E-state index contributed by atoms with van der Waals surface area (Å²) in [5.74, 6) is 0.418. The predicted molar refractivity (Wildman–Crippen MR) is 146 cm³/mol. The van der Waals surface area contributed by atoms with Crippen LogP contribution in [-0.4, -0.2) is 29.5 Å².